The van der Waals surface area contributed by atoms with E-state index in [4.69, 9.17) is 4.42 Å². The number of rotatable bonds is 7. The summed E-state index contributed by atoms with van der Waals surface area (Å²) in [5.41, 5.74) is 2.86. The molecular formula is C22H22N2O4S. The maximum absolute atomic E-state index is 12.2. The predicted molar refractivity (Wildman–Crippen MR) is 113 cm³/mol. The van der Waals surface area contributed by atoms with Gasteiger partial charge in [-0.15, -0.1) is 0 Å². The van der Waals surface area contributed by atoms with E-state index in [1.807, 2.05) is 32.0 Å². The molecule has 7 heteroatoms. The highest BCUT2D eigenvalue weighted by Crippen LogP contribution is 2.15. The summed E-state index contributed by atoms with van der Waals surface area (Å²) in [6.07, 6.45) is 2.90. The van der Waals surface area contributed by atoms with E-state index < -0.39 is 10.0 Å². The number of furan rings is 1. The molecule has 29 heavy (non-hydrogen) atoms. The zero-order valence-electron chi connectivity index (χ0n) is 16.2. The van der Waals surface area contributed by atoms with Crippen LogP contribution in [0.4, 0.5) is 5.69 Å². The molecule has 6 nitrogen and oxygen atoms in total. The maximum atomic E-state index is 12.2. The first-order valence-electron chi connectivity index (χ1n) is 9.03. The summed E-state index contributed by atoms with van der Waals surface area (Å²) < 4.78 is 32.5. The molecule has 0 fully saturated rings. The zero-order valence-corrected chi connectivity index (χ0v) is 17.0. The Balaban J connectivity index is 1.57. The summed E-state index contributed by atoms with van der Waals surface area (Å²) in [6.45, 7) is 3.95. The van der Waals surface area contributed by atoms with E-state index in [0.717, 1.165) is 16.8 Å². The van der Waals surface area contributed by atoms with Crippen LogP contribution in [0.3, 0.4) is 0 Å². The molecule has 3 rings (SSSR count). The minimum absolute atomic E-state index is 0.0137. The van der Waals surface area contributed by atoms with E-state index in [0.29, 0.717) is 11.5 Å². The van der Waals surface area contributed by atoms with Crippen molar-refractivity contribution in [2.75, 3.05) is 5.32 Å². The van der Waals surface area contributed by atoms with Gasteiger partial charge in [-0.25, -0.2) is 13.1 Å². The van der Waals surface area contributed by atoms with Crippen molar-refractivity contribution in [1.29, 1.82) is 0 Å². The summed E-state index contributed by atoms with van der Waals surface area (Å²) in [6, 6.07) is 17.3. The number of nitrogens with one attached hydrogen (secondary N) is 2. The summed E-state index contributed by atoms with van der Waals surface area (Å²) >= 11 is 0. The Hall–Kier alpha value is -3.16. The molecule has 0 radical (unpaired) electrons. The fraction of sp³-hybridized carbons (Fsp3) is 0.136. The van der Waals surface area contributed by atoms with Crippen molar-refractivity contribution in [2.24, 2.45) is 0 Å². The minimum Gasteiger partial charge on any atom is -0.460 e. The number of benzene rings is 2. The van der Waals surface area contributed by atoms with Crippen LogP contribution < -0.4 is 10.0 Å². The first kappa shape index (κ1) is 20.6. The molecule has 1 aromatic heterocycles. The van der Waals surface area contributed by atoms with Gasteiger partial charge in [-0.1, -0.05) is 24.3 Å². The van der Waals surface area contributed by atoms with Crippen molar-refractivity contribution in [2.45, 2.75) is 25.3 Å². The lowest BCUT2D eigenvalue weighted by Gasteiger charge is -2.05. The molecule has 0 atom stereocenters. The second-order valence-electron chi connectivity index (χ2n) is 6.64. The SMILES string of the molecule is Cc1cc(C)cc(NC(=O)/C=C/c2ccc(CNS(=O)(=O)c3ccccc3)o2)c1. The number of amides is 1. The van der Waals surface area contributed by atoms with Crippen LogP contribution in [0.2, 0.25) is 0 Å². The average molecular weight is 410 g/mol. The van der Waals surface area contributed by atoms with Crippen molar-refractivity contribution in [3.8, 4) is 0 Å². The smallest absolute Gasteiger partial charge is 0.248 e. The Labute approximate surface area is 170 Å². The van der Waals surface area contributed by atoms with E-state index in [1.165, 1.54) is 24.3 Å². The molecule has 150 valence electrons. The highest BCUT2D eigenvalue weighted by atomic mass is 32.2. The Bertz CT molecular complexity index is 1110. The number of anilines is 1. The highest BCUT2D eigenvalue weighted by Gasteiger charge is 2.13. The Kier molecular flexibility index (Phi) is 6.31. The van der Waals surface area contributed by atoms with Crippen LogP contribution in [0.25, 0.3) is 6.08 Å². The van der Waals surface area contributed by atoms with Crippen LogP contribution in [-0.4, -0.2) is 14.3 Å². The fourth-order valence-electron chi connectivity index (χ4n) is 2.82. The van der Waals surface area contributed by atoms with Gasteiger partial charge in [-0.05, 0) is 67.4 Å². The Morgan fingerprint density at radius 2 is 1.69 bits per heavy atom. The molecule has 2 aromatic carbocycles. The zero-order chi connectivity index (χ0) is 20.9. The normalized spacial score (nSPS) is 11.7. The molecule has 3 aromatic rings. The molecule has 1 heterocycles. The lowest BCUT2D eigenvalue weighted by molar-refractivity contribution is -0.111. The summed E-state index contributed by atoms with van der Waals surface area (Å²) in [7, 11) is -3.61. The lowest BCUT2D eigenvalue weighted by atomic mass is 10.1. The Morgan fingerprint density at radius 3 is 2.38 bits per heavy atom. The third kappa shape index (κ3) is 5.91. The number of sulfonamides is 1. The van der Waals surface area contributed by atoms with Gasteiger partial charge in [0.15, 0.2) is 0 Å². The number of carbonyl (C=O) groups excluding carboxylic acids is 1. The fourth-order valence-corrected chi connectivity index (χ4v) is 3.83. The van der Waals surface area contributed by atoms with Gasteiger partial charge >= 0.3 is 0 Å². The first-order valence-corrected chi connectivity index (χ1v) is 10.5. The lowest BCUT2D eigenvalue weighted by Crippen LogP contribution is -2.22. The van der Waals surface area contributed by atoms with E-state index in [9.17, 15) is 13.2 Å². The third-order valence-corrected chi connectivity index (χ3v) is 5.48. The maximum Gasteiger partial charge on any atom is 0.248 e. The number of aryl methyl sites for hydroxylation is 2. The molecule has 0 aliphatic rings. The van der Waals surface area contributed by atoms with E-state index in [-0.39, 0.29) is 17.3 Å². The summed E-state index contributed by atoms with van der Waals surface area (Å²) in [5.74, 6) is 0.617. The van der Waals surface area contributed by atoms with Gasteiger partial charge in [-0.3, -0.25) is 4.79 Å². The van der Waals surface area contributed by atoms with Gasteiger partial charge in [0.05, 0.1) is 11.4 Å². The first-order chi connectivity index (χ1) is 13.8. The van der Waals surface area contributed by atoms with Gasteiger partial charge in [0.25, 0.3) is 0 Å². The van der Waals surface area contributed by atoms with Gasteiger partial charge in [0, 0.05) is 11.8 Å². The van der Waals surface area contributed by atoms with Crippen LogP contribution in [0.15, 0.2) is 76.1 Å². The van der Waals surface area contributed by atoms with Gasteiger partial charge in [0.1, 0.15) is 11.5 Å². The summed E-state index contributed by atoms with van der Waals surface area (Å²) in [4.78, 5) is 12.3. The van der Waals surface area contributed by atoms with E-state index in [1.54, 1.807) is 30.3 Å². The van der Waals surface area contributed by atoms with Crippen LogP contribution in [0.1, 0.15) is 22.6 Å². The van der Waals surface area contributed by atoms with Crippen molar-refractivity contribution in [3.05, 3.63) is 89.4 Å². The molecule has 0 saturated heterocycles. The van der Waals surface area contributed by atoms with Crippen molar-refractivity contribution >= 4 is 27.7 Å². The molecule has 0 unspecified atom stereocenters. The molecular weight excluding hydrogens is 388 g/mol. The Morgan fingerprint density at radius 1 is 1.00 bits per heavy atom. The molecule has 0 aliphatic heterocycles. The van der Waals surface area contributed by atoms with Crippen molar-refractivity contribution in [3.63, 3.8) is 0 Å². The van der Waals surface area contributed by atoms with Crippen molar-refractivity contribution < 1.29 is 17.6 Å². The quantitative estimate of drug-likeness (QED) is 0.576. The topological polar surface area (TPSA) is 88.4 Å². The molecule has 0 bridgehead atoms. The predicted octanol–water partition coefficient (Wildman–Crippen LogP) is 4.03. The van der Waals surface area contributed by atoms with Crippen LogP contribution in [0.5, 0.6) is 0 Å². The molecule has 1 amide bonds. The molecule has 0 spiro atoms. The van der Waals surface area contributed by atoms with Gasteiger partial charge in [-0.2, -0.15) is 0 Å². The highest BCUT2D eigenvalue weighted by molar-refractivity contribution is 7.89. The average Bonchev–Trinajstić information content (AvgIpc) is 3.13. The second kappa shape index (κ2) is 8.89. The van der Waals surface area contributed by atoms with Crippen LogP contribution in [0, 0.1) is 13.8 Å². The minimum atomic E-state index is -3.61. The van der Waals surface area contributed by atoms with E-state index >= 15 is 0 Å². The number of hydrogen-bond acceptors (Lipinski definition) is 4. The third-order valence-electron chi connectivity index (χ3n) is 4.06. The molecule has 2 N–H and O–H groups in total. The second-order valence-corrected chi connectivity index (χ2v) is 8.41. The molecule has 0 aliphatic carbocycles. The number of carbonyl (C=O) groups is 1. The monoisotopic (exact) mass is 410 g/mol. The standard InChI is InChI=1S/C22H22N2O4S/c1-16-12-17(2)14-18(13-16)24-22(25)11-10-19-8-9-20(28-19)15-23-29(26,27)21-6-4-3-5-7-21/h3-14,23H,15H2,1-2H3,(H,24,25)/b11-10+. The van der Waals surface area contributed by atoms with Gasteiger partial charge < -0.3 is 9.73 Å². The van der Waals surface area contributed by atoms with Crippen LogP contribution >= 0.6 is 0 Å². The van der Waals surface area contributed by atoms with Crippen molar-refractivity contribution in [1.82, 2.24) is 4.72 Å². The van der Waals surface area contributed by atoms with Gasteiger partial charge in [0.2, 0.25) is 15.9 Å². The summed E-state index contributed by atoms with van der Waals surface area (Å²) in [5, 5.41) is 2.80. The van der Waals surface area contributed by atoms with E-state index in [2.05, 4.69) is 10.0 Å². The number of hydrogen-bond donors (Lipinski definition) is 2. The van der Waals surface area contributed by atoms with Crippen LogP contribution in [-0.2, 0) is 21.4 Å². The molecule has 0 saturated carbocycles. The largest absolute Gasteiger partial charge is 0.460 e.